The molecule has 0 aliphatic rings. The van der Waals surface area contributed by atoms with Crippen LogP contribution in [0.3, 0.4) is 0 Å². The second-order valence-electron chi connectivity index (χ2n) is 4.91. The van der Waals surface area contributed by atoms with Crippen LogP contribution in [0.1, 0.15) is 16.7 Å². The molecule has 0 fully saturated rings. The Morgan fingerprint density at radius 3 is 2.80 bits per heavy atom. The summed E-state index contributed by atoms with van der Waals surface area (Å²) in [7, 11) is 0. The van der Waals surface area contributed by atoms with E-state index in [2.05, 4.69) is 9.97 Å². The van der Waals surface area contributed by atoms with Crippen LogP contribution in [-0.4, -0.2) is 14.5 Å². The summed E-state index contributed by atoms with van der Waals surface area (Å²) in [5.41, 5.74) is 4.16. The lowest BCUT2D eigenvalue weighted by Crippen LogP contribution is -2.01. The number of halogens is 2. The summed E-state index contributed by atoms with van der Waals surface area (Å²) >= 11 is 6.18. The van der Waals surface area contributed by atoms with Gasteiger partial charge in [-0.15, -0.1) is 0 Å². The maximum absolute atomic E-state index is 13.3. The van der Waals surface area contributed by atoms with Crippen LogP contribution < -0.4 is 0 Å². The molecule has 20 heavy (non-hydrogen) atoms. The van der Waals surface area contributed by atoms with Crippen LogP contribution in [0.2, 0.25) is 5.28 Å². The summed E-state index contributed by atoms with van der Waals surface area (Å²) in [5.74, 6) is -0.201. The number of aromatic nitrogens is 3. The van der Waals surface area contributed by atoms with Crippen molar-refractivity contribution in [1.82, 2.24) is 14.5 Å². The minimum Gasteiger partial charge on any atom is -0.309 e. The highest BCUT2D eigenvalue weighted by Gasteiger charge is 2.11. The third-order valence-corrected chi connectivity index (χ3v) is 3.55. The van der Waals surface area contributed by atoms with Gasteiger partial charge < -0.3 is 4.57 Å². The highest BCUT2D eigenvalue weighted by Crippen LogP contribution is 2.21. The molecule has 3 nitrogen and oxygen atoms in total. The standard InChI is InChI=1S/C15H13ClFN3/c1-9-5-13-14(18-7-9)19-15(16)20(13)8-11-3-4-12(17)10(2)6-11/h3-7H,8H2,1-2H3. The summed E-state index contributed by atoms with van der Waals surface area (Å²) in [6.07, 6.45) is 1.76. The van der Waals surface area contributed by atoms with Gasteiger partial charge in [-0.2, -0.15) is 4.98 Å². The second-order valence-corrected chi connectivity index (χ2v) is 5.24. The van der Waals surface area contributed by atoms with Gasteiger partial charge in [-0.1, -0.05) is 12.1 Å². The minimum atomic E-state index is -0.201. The van der Waals surface area contributed by atoms with E-state index in [1.165, 1.54) is 6.07 Å². The van der Waals surface area contributed by atoms with E-state index in [-0.39, 0.29) is 5.82 Å². The van der Waals surface area contributed by atoms with E-state index >= 15 is 0 Å². The van der Waals surface area contributed by atoms with Crippen LogP contribution in [0.5, 0.6) is 0 Å². The Balaban J connectivity index is 2.07. The number of hydrogen-bond donors (Lipinski definition) is 0. The number of benzene rings is 1. The molecule has 3 rings (SSSR count). The predicted octanol–water partition coefficient (Wildman–Crippen LogP) is 3.89. The molecule has 0 aliphatic heterocycles. The highest BCUT2D eigenvalue weighted by atomic mass is 35.5. The number of nitrogens with zero attached hydrogens (tertiary/aromatic N) is 3. The third-order valence-electron chi connectivity index (χ3n) is 3.26. The molecule has 0 unspecified atom stereocenters. The van der Waals surface area contributed by atoms with Gasteiger partial charge >= 0.3 is 0 Å². The molecular formula is C15H13ClFN3. The van der Waals surface area contributed by atoms with Gasteiger partial charge in [0, 0.05) is 6.20 Å². The molecule has 0 bridgehead atoms. The van der Waals surface area contributed by atoms with Gasteiger partial charge in [-0.25, -0.2) is 9.37 Å². The van der Waals surface area contributed by atoms with Crippen LogP contribution in [0.15, 0.2) is 30.5 Å². The van der Waals surface area contributed by atoms with E-state index in [1.807, 2.05) is 23.6 Å². The van der Waals surface area contributed by atoms with E-state index in [0.29, 0.717) is 23.0 Å². The van der Waals surface area contributed by atoms with Crippen molar-refractivity contribution in [2.24, 2.45) is 0 Å². The van der Waals surface area contributed by atoms with Crippen molar-refractivity contribution in [1.29, 1.82) is 0 Å². The predicted molar refractivity (Wildman–Crippen MR) is 77.5 cm³/mol. The number of hydrogen-bond acceptors (Lipinski definition) is 2. The molecule has 5 heteroatoms. The second kappa shape index (κ2) is 4.87. The molecule has 0 saturated carbocycles. The third kappa shape index (κ3) is 2.27. The maximum atomic E-state index is 13.3. The first-order chi connectivity index (χ1) is 9.54. The maximum Gasteiger partial charge on any atom is 0.205 e. The zero-order chi connectivity index (χ0) is 14.3. The van der Waals surface area contributed by atoms with Crippen molar-refractivity contribution in [3.63, 3.8) is 0 Å². The fourth-order valence-electron chi connectivity index (χ4n) is 2.22. The number of aryl methyl sites for hydroxylation is 2. The molecule has 0 spiro atoms. The molecule has 2 heterocycles. The molecule has 2 aromatic heterocycles. The van der Waals surface area contributed by atoms with Gasteiger partial charge in [0.05, 0.1) is 12.1 Å². The molecule has 0 aliphatic carbocycles. The number of rotatable bonds is 2. The number of fused-ring (bicyclic) bond motifs is 1. The Kier molecular flexibility index (Phi) is 3.18. The van der Waals surface area contributed by atoms with Crippen molar-refractivity contribution in [2.75, 3.05) is 0 Å². The van der Waals surface area contributed by atoms with Gasteiger partial charge in [0.15, 0.2) is 5.65 Å². The quantitative estimate of drug-likeness (QED) is 0.716. The molecular weight excluding hydrogens is 277 g/mol. The summed E-state index contributed by atoms with van der Waals surface area (Å²) in [4.78, 5) is 8.49. The summed E-state index contributed by atoms with van der Waals surface area (Å²) in [5, 5.41) is 0.389. The molecule has 0 atom stereocenters. The Hall–Kier alpha value is -1.94. The SMILES string of the molecule is Cc1cnc2nc(Cl)n(Cc3ccc(F)c(C)c3)c2c1. The Labute approximate surface area is 121 Å². The van der Waals surface area contributed by atoms with Crippen LogP contribution in [0.4, 0.5) is 4.39 Å². The minimum absolute atomic E-state index is 0.201. The molecule has 0 amide bonds. The van der Waals surface area contributed by atoms with Crippen molar-refractivity contribution in [2.45, 2.75) is 20.4 Å². The lowest BCUT2D eigenvalue weighted by molar-refractivity contribution is 0.617. The first-order valence-corrected chi connectivity index (χ1v) is 6.66. The Morgan fingerprint density at radius 2 is 2.05 bits per heavy atom. The molecule has 102 valence electrons. The monoisotopic (exact) mass is 289 g/mol. The van der Waals surface area contributed by atoms with Gasteiger partial charge in [-0.3, -0.25) is 0 Å². The zero-order valence-corrected chi connectivity index (χ0v) is 11.9. The fraction of sp³-hybridized carbons (Fsp3) is 0.200. The number of imidazole rings is 1. The zero-order valence-electron chi connectivity index (χ0n) is 11.2. The fourth-order valence-corrected chi connectivity index (χ4v) is 2.45. The highest BCUT2D eigenvalue weighted by molar-refractivity contribution is 6.29. The molecule has 1 aromatic carbocycles. The van der Waals surface area contributed by atoms with Crippen molar-refractivity contribution in [3.8, 4) is 0 Å². The van der Waals surface area contributed by atoms with Crippen molar-refractivity contribution < 1.29 is 4.39 Å². The first kappa shape index (κ1) is 13.1. The average molecular weight is 290 g/mol. The lowest BCUT2D eigenvalue weighted by Gasteiger charge is -2.07. The summed E-state index contributed by atoms with van der Waals surface area (Å²) in [6, 6.07) is 7.05. The molecule has 3 aromatic rings. The molecule has 0 saturated heterocycles. The Bertz CT molecular complexity index is 795. The Morgan fingerprint density at radius 1 is 1.25 bits per heavy atom. The van der Waals surface area contributed by atoms with Gasteiger partial charge in [0.25, 0.3) is 0 Å². The molecule has 0 N–H and O–H groups in total. The average Bonchev–Trinajstić information content (AvgIpc) is 2.70. The summed E-state index contributed by atoms with van der Waals surface area (Å²) in [6.45, 7) is 4.26. The molecule has 0 radical (unpaired) electrons. The van der Waals surface area contributed by atoms with Crippen molar-refractivity contribution >= 4 is 22.8 Å². The van der Waals surface area contributed by atoms with Gasteiger partial charge in [0.2, 0.25) is 5.28 Å². The van der Waals surface area contributed by atoms with E-state index in [4.69, 9.17) is 11.6 Å². The number of pyridine rings is 1. The van der Waals surface area contributed by atoms with Crippen LogP contribution in [-0.2, 0) is 6.54 Å². The normalized spacial score (nSPS) is 11.2. The van der Waals surface area contributed by atoms with E-state index in [0.717, 1.165) is 16.6 Å². The van der Waals surface area contributed by atoms with Crippen LogP contribution >= 0.6 is 11.6 Å². The largest absolute Gasteiger partial charge is 0.309 e. The smallest absolute Gasteiger partial charge is 0.205 e. The van der Waals surface area contributed by atoms with Crippen LogP contribution in [0.25, 0.3) is 11.2 Å². The van der Waals surface area contributed by atoms with Crippen molar-refractivity contribution in [3.05, 3.63) is 58.3 Å². The first-order valence-electron chi connectivity index (χ1n) is 6.28. The van der Waals surface area contributed by atoms with E-state index in [9.17, 15) is 4.39 Å². The summed E-state index contributed by atoms with van der Waals surface area (Å²) < 4.78 is 15.2. The lowest BCUT2D eigenvalue weighted by atomic mass is 10.1. The van der Waals surface area contributed by atoms with E-state index in [1.54, 1.807) is 19.2 Å². The van der Waals surface area contributed by atoms with E-state index < -0.39 is 0 Å². The van der Waals surface area contributed by atoms with Gasteiger partial charge in [0.1, 0.15) is 5.82 Å². The van der Waals surface area contributed by atoms with Gasteiger partial charge in [-0.05, 0) is 54.3 Å². The van der Waals surface area contributed by atoms with Crippen LogP contribution in [0, 0.1) is 19.7 Å². The topological polar surface area (TPSA) is 30.7 Å².